The smallest absolute Gasteiger partial charge is 0.122 e. The van der Waals surface area contributed by atoms with E-state index in [2.05, 4.69) is 32.0 Å². The summed E-state index contributed by atoms with van der Waals surface area (Å²) in [6, 6.07) is 6.44. The van der Waals surface area contributed by atoms with Crippen LogP contribution in [0.2, 0.25) is 0 Å². The highest BCUT2D eigenvalue weighted by Gasteiger charge is 2.36. The molecular formula is C16H25NO2. The van der Waals surface area contributed by atoms with Gasteiger partial charge in [-0.1, -0.05) is 26.0 Å². The molecular weight excluding hydrogens is 238 g/mol. The lowest BCUT2D eigenvalue weighted by molar-refractivity contribution is -0.108. The molecule has 0 spiro atoms. The summed E-state index contributed by atoms with van der Waals surface area (Å²) >= 11 is 0. The van der Waals surface area contributed by atoms with Crippen molar-refractivity contribution in [1.82, 2.24) is 0 Å². The predicted molar refractivity (Wildman–Crippen MR) is 77.7 cm³/mol. The maximum absolute atomic E-state index is 6.01. The van der Waals surface area contributed by atoms with Gasteiger partial charge in [0.2, 0.25) is 0 Å². The first kappa shape index (κ1) is 14.4. The minimum absolute atomic E-state index is 0.275. The first-order valence-corrected chi connectivity index (χ1v) is 7.06. The molecule has 1 aromatic rings. The van der Waals surface area contributed by atoms with Crippen molar-refractivity contribution >= 4 is 0 Å². The molecule has 2 rings (SSSR count). The third-order valence-corrected chi connectivity index (χ3v) is 4.07. The van der Waals surface area contributed by atoms with Crippen LogP contribution in [0.4, 0.5) is 0 Å². The second kappa shape index (κ2) is 5.93. The van der Waals surface area contributed by atoms with Crippen LogP contribution in [-0.4, -0.2) is 26.9 Å². The van der Waals surface area contributed by atoms with Crippen molar-refractivity contribution in [2.75, 3.05) is 26.9 Å². The molecule has 1 atom stereocenters. The quantitative estimate of drug-likeness (QED) is 0.858. The average molecular weight is 263 g/mol. The molecule has 0 aromatic heterocycles. The van der Waals surface area contributed by atoms with E-state index in [0.717, 1.165) is 31.8 Å². The zero-order chi connectivity index (χ0) is 13.9. The first-order valence-electron chi connectivity index (χ1n) is 7.06. The Morgan fingerprint density at radius 1 is 1.42 bits per heavy atom. The Morgan fingerprint density at radius 3 is 2.63 bits per heavy atom. The molecule has 2 N–H and O–H groups in total. The van der Waals surface area contributed by atoms with Crippen molar-refractivity contribution in [2.45, 2.75) is 32.6 Å². The van der Waals surface area contributed by atoms with Gasteiger partial charge in [0, 0.05) is 11.3 Å². The van der Waals surface area contributed by atoms with Crippen LogP contribution in [0.5, 0.6) is 5.75 Å². The third-order valence-electron chi connectivity index (χ3n) is 4.07. The van der Waals surface area contributed by atoms with E-state index in [1.165, 1.54) is 11.1 Å². The Bertz CT molecular complexity index is 427. The molecule has 106 valence electrons. The SMILES string of the molecule is CCc1ccc(OC)c(C(CN)CC2(C)COC2)c1. The molecule has 0 amide bonds. The van der Waals surface area contributed by atoms with Crippen LogP contribution in [0.15, 0.2) is 18.2 Å². The van der Waals surface area contributed by atoms with E-state index in [4.69, 9.17) is 15.2 Å². The van der Waals surface area contributed by atoms with Crippen LogP contribution < -0.4 is 10.5 Å². The minimum atomic E-state index is 0.275. The van der Waals surface area contributed by atoms with Gasteiger partial charge in [0.05, 0.1) is 20.3 Å². The van der Waals surface area contributed by atoms with Crippen LogP contribution in [0.25, 0.3) is 0 Å². The van der Waals surface area contributed by atoms with Crippen LogP contribution >= 0.6 is 0 Å². The normalized spacial score (nSPS) is 18.7. The fraction of sp³-hybridized carbons (Fsp3) is 0.625. The van der Waals surface area contributed by atoms with Crippen LogP contribution in [0.1, 0.15) is 37.3 Å². The molecule has 1 unspecified atom stereocenters. The summed E-state index contributed by atoms with van der Waals surface area (Å²) in [5.74, 6) is 1.30. The fourth-order valence-corrected chi connectivity index (χ4v) is 2.81. The summed E-state index contributed by atoms with van der Waals surface area (Å²) in [5, 5.41) is 0. The number of rotatable bonds is 6. The topological polar surface area (TPSA) is 44.5 Å². The highest BCUT2D eigenvalue weighted by molar-refractivity contribution is 5.40. The van der Waals surface area contributed by atoms with E-state index < -0.39 is 0 Å². The van der Waals surface area contributed by atoms with E-state index in [0.29, 0.717) is 12.5 Å². The summed E-state index contributed by atoms with van der Waals surface area (Å²) in [5.41, 5.74) is 8.87. The van der Waals surface area contributed by atoms with Crippen LogP contribution in [0, 0.1) is 5.41 Å². The van der Waals surface area contributed by atoms with Gasteiger partial charge in [0.25, 0.3) is 0 Å². The monoisotopic (exact) mass is 263 g/mol. The third kappa shape index (κ3) is 3.10. The Kier molecular flexibility index (Phi) is 4.48. The van der Waals surface area contributed by atoms with Crippen molar-refractivity contribution in [3.63, 3.8) is 0 Å². The first-order chi connectivity index (χ1) is 9.11. The molecule has 3 heteroatoms. The Balaban J connectivity index is 2.25. The zero-order valence-corrected chi connectivity index (χ0v) is 12.2. The summed E-state index contributed by atoms with van der Waals surface area (Å²) in [6.07, 6.45) is 2.10. The number of methoxy groups -OCH3 is 1. The molecule has 1 aromatic carbocycles. The van der Waals surface area contributed by atoms with E-state index >= 15 is 0 Å². The lowest BCUT2D eigenvalue weighted by Crippen LogP contribution is -2.41. The van der Waals surface area contributed by atoms with Gasteiger partial charge in [0.1, 0.15) is 5.75 Å². The van der Waals surface area contributed by atoms with E-state index in [-0.39, 0.29) is 5.41 Å². The Hall–Kier alpha value is -1.06. The van der Waals surface area contributed by atoms with Crippen molar-refractivity contribution < 1.29 is 9.47 Å². The van der Waals surface area contributed by atoms with Crippen LogP contribution in [0.3, 0.4) is 0 Å². The standard InChI is InChI=1S/C16H25NO2/c1-4-12-5-6-15(18-3)14(7-12)13(9-17)8-16(2)10-19-11-16/h5-7,13H,4,8-11,17H2,1-3H3. The number of hydrogen-bond donors (Lipinski definition) is 1. The van der Waals surface area contributed by atoms with Crippen molar-refractivity contribution in [1.29, 1.82) is 0 Å². The second-order valence-corrected chi connectivity index (χ2v) is 5.87. The number of hydrogen-bond acceptors (Lipinski definition) is 3. The summed E-state index contributed by atoms with van der Waals surface area (Å²) in [4.78, 5) is 0. The molecule has 0 saturated carbocycles. The van der Waals surface area contributed by atoms with Gasteiger partial charge in [-0.3, -0.25) is 0 Å². The molecule has 19 heavy (non-hydrogen) atoms. The Morgan fingerprint density at radius 2 is 2.16 bits per heavy atom. The average Bonchev–Trinajstić information content (AvgIpc) is 2.42. The van der Waals surface area contributed by atoms with Crippen molar-refractivity contribution in [3.05, 3.63) is 29.3 Å². The second-order valence-electron chi connectivity index (χ2n) is 5.87. The molecule has 0 bridgehead atoms. The minimum Gasteiger partial charge on any atom is -0.496 e. The van der Waals surface area contributed by atoms with Gasteiger partial charge in [-0.2, -0.15) is 0 Å². The molecule has 1 fully saturated rings. The lowest BCUT2D eigenvalue weighted by Gasteiger charge is -2.40. The van der Waals surface area contributed by atoms with Gasteiger partial charge in [-0.15, -0.1) is 0 Å². The van der Waals surface area contributed by atoms with Gasteiger partial charge in [-0.05, 0) is 36.6 Å². The largest absolute Gasteiger partial charge is 0.496 e. The Labute approximate surface area is 116 Å². The molecule has 1 saturated heterocycles. The molecule has 1 aliphatic rings. The predicted octanol–water partition coefficient (Wildman–Crippen LogP) is 2.73. The van der Waals surface area contributed by atoms with Gasteiger partial charge in [-0.25, -0.2) is 0 Å². The highest BCUT2D eigenvalue weighted by Crippen LogP contribution is 2.40. The maximum atomic E-state index is 6.01. The van der Waals surface area contributed by atoms with Gasteiger partial charge in [0.15, 0.2) is 0 Å². The highest BCUT2D eigenvalue weighted by atomic mass is 16.5. The fourth-order valence-electron chi connectivity index (χ4n) is 2.81. The summed E-state index contributed by atoms with van der Waals surface area (Å²) in [7, 11) is 1.73. The molecule has 1 heterocycles. The number of nitrogens with two attached hydrogens (primary N) is 1. The summed E-state index contributed by atoms with van der Waals surface area (Å²) < 4.78 is 10.9. The summed E-state index contributed by atoms with van der Waals surface area (Å²) in [6.45, 7) is 6.79. The molecule has 0 aliphatic carbocycles. The zero-order valence-electron chi connectivity index (χ0n) is 12.2. The van der Waals surface area contributed by atoms with E-state index in [9.17, 15) is 0 Å². The van der Waals surface area contributed by atoms with E-state index in [1.54, 1.807) is 7.11 Å². The number of benzene rings is 1. The maximum Gasteiger partial charge on any atom is 0.122 e. The molecule has 3 nitrogen and oxygen atoms in total. The molecule has 0 radical (unpaired) electrons. The van der Waals surface area contributed by atoms with Crippen molar-refractivity contribution in [3.8, 4) is 5.75 Å². The van der Waals surface area contributed by atoms with E-state index in [1.807, 2.05) is 0 Å². The lowest BCUT2D eigenvalue weighted by atomic mass is 9.76. The van der Waals surface area contributed by atoms with Crippen molar-refractivity contribution in [2.24, 2.45) is 11.1 Å². The van der Waals surface area contributed by atoms with Crippen LogP contribution in [-0.2, 0) is 11.2 Å². The molecule has 1 aliphatic heterocycles. The van der Waals surface area contributed by atoms with Gasteiger partial charge < -0.3 is 15.2 Å². The number of aryl methyl sites for hydroxylation is 1. The van der Waals surface area contributed by atoms with Gasteiger partial charge >= 0.3 is 0 Å². The number of ether oxygens (including phenoxy) is 2.